The number of benzene rings is 1. The Hall–Kier alpha value is -1.78. The van der Waals surface area contributed by atoms with Crippen LogP contribution in [0.15, 0.2) is 53.6 Å². The zero-order chi connectivity index (χ0) is 17.5. The minimum Gasteiger partial charge on any atom is -0.508 e. The van der Waals surface area contributed by atoms with Gasteiger partial charge in [0.25, 0.3) is 0 Å². The number of aromatic hydroxyl groups is 1. The van der Waals surface area contributed by atoms with Crippen LogP contribution in [0.25, 0.3) is 6.08 Å². The molecule has 0 spiro atoms. The summed E-state index contributed by atoms with van der Waals surface area (Å²) in [5, 5.41) is 19.2. The maximum absolute atomic E-state index is 9.77. The van der Waals surface area contributed by atoms with E-state index in [4.69, 9.17) is 4.65 Å². The fourth-order valence-electron chi connectivity index (χ4n) is 3.06. The number of hydrogen-bond acceptors (Lipinski definition) is 3. The van der Waals surface area contributed by atoms with Crippen LogP contribution in [0.1, 0.15) is 45.1 Å². The van der Waals surface area contributed by atoms with Crippen LogP contribution in [0.2, 0.25) is 6.32 Å². The van der Waals surface area contributed by atoms with Crippen LogP contribution in [0.3, 0.4) is 0 Å². The summed E-state index contributed by atoms with van der Waals surface area (Å²) in [5.41, 5.74) is 4.57. The number of rotatable bonds is 7. The molecule has 24 heavy (non-hydrogen) atoms. The van der Waals surface area contributed by atoms with Crippen LogP contribution < -0.4 is 0 Å². The Morgan fingerprint density at radius 3 is 2.67 bits per heavy atom. The first-order chi connectivity index (χ1) is 11.5. The summed E-state index contributed by atoms with van der Waals surface area (Å²) in [5.74, 6) is 0.282. The second-order valence-corrected chi connectivity index (χ2v) is 6.44. The highest BCUT2D eigenvalue weighted by molar-refractivity contribution is 6.43. The minimum absolute atomic E-state index is 0.0914. The molecule has 1 unspecified atom stereocenters. The second kappa shape index (κ2) is 8.90. The summed E-state index contributed by atoms with van der Waals surface area (Å²) in [6.45, 7) is 8.18. The summed E-state index contributed by atoms with van der Waals surface area (Å²) < 4.78 is 5.72. The lowest BCUT2D eigenvalue weighted by molar-refractivity contribution is 0.183. The minimum atomic E-state index is -0.714. The lowest BCUT2D eigenvalue weighted by Gasteiger charge is -2.27. The Morgan fingerprint density at radius 1 is 1.33 bits per heavy atom. The van der Waals surface area contributed by atoms with Gasteiger partial charge in [-0.3, -0.25) is 0 Å². The van der Waals surface area contributed by atoms with Crippen LogP contribution in [0, 0.1) is 0 Å². The van der Waals surface area contributed by atoms with Gasteiger partial charge in [0, 0.05) is 6.32 Å². The second-order valence-electron chi connectivity index (χ2n) is 6.44. The van der Waals surface area contributed by atoms with Gasteiger partial charge in [0.2, 0.25) is 0 Å². The van der Waals surface area contributed by atoms with E-state index >= 15 is 0 Å². The van der Waals surface area contributed by atoms with Crippen molar-refractivity contribution in [2.24, 2.45) is 0 Å². The normalized spacial score (nSPS) is 18.5. The molecular weight excluding hydrogens is 299 g/mol. The van der Waals surface area contributed by atoms with Gasteiger partial charge in [-0.2, -0.15) is 0 Å². The van der Waals surface area contributed by atoms with E-state index in [0.29, 0.717) is 6.32 Å². The summed E-state index contributed by atoms with van der Waals surface area (Å²) in [6.07, 6.45) is 8.53. The molecule has 128 valence electrons. The highest BCUT2D eigenvalue weighted by Gasteiger charge is 2.27. The summed E-state index contributed by atoms with van der Waals surface area (Å²) in [6, 6.07) is 7.26. The molecule has 0 aliphatic carbocycles. The molecule has 0 bridgehead atoms. The van der Waals surface area contributed by atoms with Gasteiger partial charge in [0.05, 0.1) is 6.10 Å². The average Bonchev–Trinajstić information content (AvgIpc) is 2.54. The van der Waals surface area contributed by atoms with Gasteiger partial charge in [-0.05, 0) is 49.5 Å². The van der Waals surface area contributed by atoms with Crippen molar-refractivity contribution in [2.45, 2.75) is 52.0 Å². The molecule has 2 rings (SSSR count). The third kappa shape index (κ3) is 5.39. The van der Waals surface area contributed by atoms with Gasteiger partial charge in [-0.1, -0.05) is 55.4 Å². The molecule has 0 saturated carbocycles. The maximum Gasteiger partial charge on any atom is 0.458 e. The van der Waals surface area contributed by atoms with E-state index in [1.165, 1.54) is 5.57 Å². The molecule has 4 heteroatoms. The van der Waals surface area contributed by atoms with E-state index < -0.39 is 7.12 Å². The largest absolute Gasteiger partial charge is 0.508 e. The predicted molar refractivity (Wildman–Crippen MR) is 101 cm³/mol. The van der Waals surface area contributed by atoms with Gasteiger partial charge < -0.3 is 14.8 Å². The molecule has 0 fully saturated rings. The van der Waals surface area contributed by atoms with Crippen molar-refractivity contribution < 1.29 is 14.8 Å². The van der Waals surface area contributed by atoms with Crippen LogP contribution in [0.5, 0.6) is 5.75 Å². The predicted octanol–water partition coefficient (Wildman–Crippen LogP) is 4.74. The standard InChI is InChI=1S/C20H27BO3/c1-4-5-16(14-17-6-9-18(22)10-7-17)8-11-20-19(15(2)3)12-13-21(23)24-20/h6-7,9-10,12,14,20,22-23H,2,4-5,8,11,13H2,1,3H3/b16-14+. The maximum atomic E-state index is 9.77. The van der Waals surface area contributed by atoms with Crippen LogP contribution in [-0.2, 0) is 4.65 Å². The summed E-state index contributed by atoms with van der Waals surface area (Å²) in [7, 11) is -0.714. The number of phenolic OH excluding ortho intramolecular Hbond substituents is 1. The Kier molecular flexibility index (Phi) is 6.89. The Bertz CT molecular complexity index is 616. The van der Waals surface area contributed by atoms with Gasteiger partial charge in [-0.15, -0.1) is 0 Å². The molecule has 0 aromatic heterocycles. The van der Waals surface area contributed by atoms with E-state index in [-0.39, 0.29) is 11.9 Å². The van der Waals surface area contributed by atoms with Crippen molar-refractivity contribution in [3.8, 4) is 5.75 Å². The van der Waals surface area contributed by atoms with Gasteiger partial charge in [0.15, 0.2) is 0 Å². The number of allylic oxidation sites excluding steroid dienone is 2. The molecule has 1 aliphatic rings. The highest BCUT2D eigenvalue weighted by atomic mass is 16.5. The fraction of sp³-hybridized carbons (Fsp3) is 0.400. The molecule has 1 aliphatic heterocycles. The quantitative estimate of drug-likeness (QED) is 0.712. The third-order valence-corrected chi connectivity index (χ3v) is 4.26. The molecule has 1 heterocycles. The smallest absolute Gasteiger partial charge is 0.458 e. The van der Waals surface area contributed by atoms with Gasteiger partial charge in [-0.25, -0.2) is 0 Å². The average molecular weight is 326 g/mol. The monoisotopic (exact) mass is 326 g/mol. The zero-order valence-electron chi connectivity index (χ0n) is 14.7. The third-order valence-electron chi connectivity index (χ3n) is 4.26. The molecule has 0 saturated heterocycles. The van der Waals surface area contributed by atoms with Crippen molar-refractivity contribution in [1.82, 2.24) is 0 Å². The molecule has 1 atom stereocenters. The van der Waals surface area contributed by atoms with E-state index in [1.807, 2.05) is 25.1 Å². The van der Waals surface area contributed by atoms with Crippen molar-refractivity contribution >= 4 is 13.2 Å². The number of phenols is 1. The Labute approximate surface area is 145 Å². The van der Waals surface area contributed by atoms with Crippen molar-refractivity contribution in [2.75, 3.05) is 0 Å². The first-order valence-corrected chi connectivity index (χ1v) is 8.67. The Morgan fingerprint density at radius 2 is 2.04 bits per heavy atom. The van der Waals surface area contributed by atoms with Gasteiger partial charge in [0.1, 0.15) is 5.75 Å². The molecule has 0 radical (unpaired) electrons. The molecule has 0 amide bonds. The van der Waals surface area contributed by atoms with Crippen molar-refractivity contribution in [3.05, 3.63) is 59.2 Å². The SMILES string of the molecule is C=C(C)C1=CCB(O)OC1CC/C(=C/c1ccc(O)cc1)CCC. The molecular formula is C20H27BO3. The first kappa shape index (κ1) is 18.6. The van der Waals surface area contributed by atoms with Crippen molar-refractivity contribution in [1.29, 1.82) is 0 Å². The van der Waals surface area contributed by atoms with Crippen LogP contribution in [-0.4, -0.2) is 23.4 Å². The zero-order valence-corrected chi connectivity index (χ0v) is 14.7. The number of hydrogen-bond donors (Lipinski definition) is 2. The van der Waals surface area contributed by atoms with Gasteiger partial charge >= 0.3 is 7.12 Å². The molecule has 2 N–H and O–H groups in total. The molecule has 1 aromatic carbocycles. The van der Waals surface area contributed by atoms with Crippen molar-refractivity contribution in [3.63, 3.8) is 0 Å². The summed E-state index contributed by atoms with van der Waals surface area (Å²) >= 11 is 0. The lowest BCUT2D eigenvalue weighted by atomic mass is 9.78. The van der Waals surface area contributed by atoms with E-state index in [9.17, 15) is 10.1 Å². The molecule has 1 aromatic rings. The molecule has 3 nitrogen and oxygen atoms in total. The fourth-order valence-corrected chi connectivity index (χ4v) is 3.06. The summed E-state index contributed by atoms with van der Waals surface area (Å²) in [4.78, 5) is 0. The van der Waals surface area contributed by atoms with Crippen LogP contribution >= 0.6 is 0 Å². The van der Waals surface area contributed by atoms with E-state index in [0.717, 1.165) is 42.4 Å². The first-order valence-electron chi connectivity index (χ1n) is 8.67. The topological polar surface area (TPSA) is 49.7 Å². The Balaban J connectivity index is 2.07. The lowest BCUT2D eigenvalue weighted by Crippen LogP contribution is -2.31. The van der Waals surface area contributed by atoms with Crippen LogP contribution in [0.4, 0.5) is 0 Å². The van der Waals surface area contributed by atoms with E-state index in [2.05, 4.69) is 19.6 Å². The highest BCUT2D eigenvalue weighted by Crippen LogP contribution is 2.28. The van der Waals surface area contributed by atoms with E-state index in [1.54, 1.807) is 12.1 Å².